The second kappa shape index (κ2) is 8.13. The molecule has 33 heavy (non-hydrogen) atoms. The van der Waals surface area contributed by atoms with E-state index in [0.717, 1.165) is 23.3 Å². The number of benzene rings is 3. The fourth-order valence-corrected chi connectivity index (χ4v) is 4.49. The summed E-state index contributed by atoms with van der Waals surface area (Å²) < 4.78 is 10.9. The molecule has 0 aromatic heterocycles. The van der Waals surface area contributed by atoms with Gasteiger partial charge in [0.05, 0.1) is 25.3 Å². The van der Waals surface area contributed by atoms with E-state index in [1.54, 1.807) is 43.5 Å². The molecular formula is C27H23NO5. The van der Waals surface area contributed by atoms with Crippen molar-refractivity contribution < 1.29 is 24.2 Å². The van der Waals surface area contributed by atoms with Crippen LogP contribution in [-0.4, -0.2) is 30.5 Å². The number of ether oxygens (including phenoxy) is 2. The largest absolute Gasteiger partial charge is 0.507 e. The van der Waals surface area contributed by atoms with Crippen LogP contribution in [0.2, 0.25) is 0 Å². The van der Waals surface area contributed by atoms with E-state index >= 15 is 0 Å². The maximum absolute atomic E-state index is 13.3. The lowest BCUT2D eigenvalue weighted by atomic mass is 9.94. The number of carbonyl (C=O) groups excluding carboxylic acids is 2. The first-order valence-corrected chi connectivity index (χ1v) is 10.8. The summed E-state index contributed by atoms with van der Waals surface area (Å²) in [5, 5.41) is 11.3. The molecule has 0 radical (unpaired) electrons. The van der Waals surface area contributed by atoms with Crippen LogP contribution in [0.3, 0.4) is 0 Å². The lowest BCUT2D eigenvalue weighted by Crippen LogP contribution is -2.29. The molecule has 0 aliphatic carbocycles. The van der Waals surface area contributed by atoms with Gasteiger partial charge in [0.2, 0.25) is 0 Å². The predicted molar refractivity (Wildman–Crippen MR) is 125 cm³/mol. The molecule has 1 amide bonds. The minimum absolute atomic E-state index is 0.0497. The monoisotopic (exact) mass is 441 g/mol. The highest BCUT2D eigenvalue weighted by Gasteiger charge is 2.47. The molecule has 5 rings (SSSR count). The van der Waals surface area contributed by atoms with Gasteiger partial charge in [-0.3, -0.25) is 14.5 Å². The van der Waals surface area contributed by atoms with Crippen LogP contribution in [0.25, 0.3) is 5.76 Å². The number of Topliss-reactive ketones (excluding diaryl/α,β-unsaturated/α-hetero) is 1. The van der Waals surface area contributed by atoms with Gasteiger partial charge in [0.25, 0.3) is 11.7 Å². The van der Waals surface area contributed by atoms with E-state index in [1.165, 1.54) is 4.90 Å². The van der Waals surface area contributed by atoms with Crippen molar-refractivity contribution in [2.24, 2.45) is 0 Å². The van der Waals surface area contributed by atoms with Gasteiger partial charge in [0.15, 0.2) is 0 Å². The van der Waals surface area contributed by atoms with Gasteiger partial charge in [-0.05, 0) is 66.1 Å². The summed E-state index contributed by atoms with van der Waals surface area (Å²) in [6.07, 6.45) is 0.730. The Bertz CT molecular complexity index is 1310. The maximum Gasteiger partial charge on any atom is 0.300 e. The smallest absolute Gasteiger partial charge is 0.300 e. The van der Waals surface area contributed by atoms with Crippen molar-refractivity contribution in [3.05, 3.63) is 94.6 Å². The van der Waals surface area contributed by atoms with Crippen LogP contribution >= 0.6 is 0 Å². The van der Waals surface area contributed by atoms with Gasteiger partial charge >= 0.3 is 0 Å². The first kappa shape index (κ1) is 20.8. The van der Waals surface area contributed by atoms with E-state index < -0.39 is 17.7 Å². The van der Waals surface area contributed by atoms with Crippen molar-refractivity contribution in [1.82, 2.24) is 0 Å². The predicted octanol–water partition coefficient (Wildman–Crippen LogP) is 4.56. The highest BCUT2D eigenvalue weighted by molar-refractivity contribution is 6.51. The zero-order valence-corrected chi connectivity index (χ0v) is 18.4. The quantitative estimate of drug-likeness (QED) is 0.365. The van der Waals surface area contributed by atoms with Gasteiger partial charge in [0.1, 0.15) is 17.3 Å². The van der Waals surface area contributed by atoms with Crippen molar-refractivity contribution in [3.8, 4) is 11.5 Å². The lowest BCUT2D eigenvalue weighted by Gasteiger charge is -2.26. The maximum atomic E-state index is 13.3. The summed E-state index contributed by atoms with van der Waals surface area (Å²) in [6, 6.07) is 19.1. The number of methoxy groups -OCH3 is 1. The van der Waals surface area contributed by atoms with Crippen LogP contribution in [0, 0.1) is 6.92 Å². The van der Waals surface area contributed by atoms with Crippen LogP contribution in [-0.2, 0) is 16.0 Å². The normalized spacial score (nSPS) is 18.8. The Balaban J connectivity index is 1.72. The summed E-state index contributed by atoms with van der Waals surface area (Å²) in [6.45, 7) is 2.51. The lowest BCUT2D eigenvalue weighted by molar-refractivity contribution is -0.132. The third-order valence-corrected chi connectivity index (χ3v) is 6.10. The number of ketones is 1. The molecule has 2 heterocycles. The Morgan fingerprint density at radius 2 is 1.88 bits per heavy atom. The van der Waals surface area contributed by atoms with Gasteiger partial charge in [-0.1, -0.05) is 24.3 Å². The van der Waals surface area contributed by atoms with Gasteiger partial charge in [-0.15, -0.1) is 0 Å². The Morgan fingerprint density at radius 3 is 2.67 bits per heavy atom. The molecule has 6 heteroatoms. The van der Waals surface area contributed by atoms with E-state index in [-0.39, 0.29) is 11.3 Å². The fraction of sp³-hybridized carbons (Fsp3) is 0.185. The number of aryl methyl sites for hydroxylation is 1. The molecule has 166 valence electrons. The van der Waals surface area contributed by atoms with E-state index in [0.29, 0.717) is 29.2 Å². The molecule has 1 saturated heterocycles. The van der Waals surface area contributed by atoms with Crippen LogP contribution in [0.4, 0.5) is 5.69 Å². The van der Waals surface area contributed by atoms with E-state index in [1.807, 2.05) is 37.3 Å². The summed E-state index contributed by atoms with van der Waals surface area (Å²) in [4.78, 5) is 28.0. The number of hydrogen-bond acceptors (Lipinski definition) is 5. The highest BCUT2D eigenvalue weighted by atomic mass is 16.5. The number of hydrogen-bond donors (Lipinski definition) is 1. The number of amides is 1. The molecule has 2 aliphatic heterocycles. The zero-order chi connectivity index (χ0) is 23.1. The van der Waals surface area contributed by atoms with E-state index in [4.69, 9.17) is 9.47 Å². The van der Waals surface area contributed by atoms with Crippen LogP contribution in [0.1, 0.15) is 28.3 Å². The number of carbonyl (C=O) groups is 2. The molecule has 6 nitrogen and oxygen atoms in total. The van der Waals surface area contributed by atoms with Gasteiger partial charge in [0, 0.05) is 17.7 Å². The molecule has 2 aliphatic rings. The first-order valence-electron chi connectivity index (χ1n) is 10.8. The zero-order valence-electron chi connectivity index (χ0n) is 18.4. The fourth-order valence-electron chi connectivity index (χ4n) is 4.49. The van der Waals surface area contributed by atoms with Crippen molar-refractivity contribution in [2.45, 2.75) is 19.4 Å². The number of aliphatic hydroxyl groups excluding tert-OH is 1. The number of fused-ring (bicyclic) bond motifs is 1. The molecular weight excluding hydrogens is 418 g/mol. The van der Waals surface area contributed by atoms with Gasteiger partial charge < -0.3 is 14.6 Å². The molecule has 0 bridgehead atoms. The molecule has 1 atom stereocenters. The van der Waals surface area contributed by atoms with E-state index in [9.17, 15) is 14.7 Å². The number of aliphatic hydroxyl groups is 1. The van der Waals surface area contributed by atoms with Crippen LogP contribution < -0.4 is 14.4 Å². The molecule has 1 N–H and O–H groups in total. The minimum atomic E-state index is -0.800. The van der Waals surface area contributed by atoms with Crippen molar-refractivity contribution in [1.29, 1.82) is 0 Å². The number of rotatable bonds is 4. The third-order valence-electron chi connectivity index (χ3n) is 6.10. The number of anilines is 1. The molecule has 1 unspecified atom stereocenters. The Labute approximate surface area is 191 Å². The summed E-state index contributed by atoms with van der Waals surface area (Å²) in [5.41, 5.74) is 3.71. The van der Waals surface area contributed by atoms with Gasteiger partial charge in [-0.25, -0.2) is 0 Å². The Kier molecular flexibility index (Phi) is 5.13. The molecule has 3 aromatic rings. The topological polar surface area (TPSA) is 76.1 Å². The average molecular weight is 441 g/mol. The highest BCUT2D eigenvalue weighted by Crippen LogP contribution is 2.43. The molecule has 0 saturated carbocycles. The second-order valence-electron chi connectivity index (χ2n) is 8.21. The van der Waals surface area contributed by atoms with Crippen molar-refractivity contribution in [2.75, 3.05) is 18.6 Å². The van der Waals surface area contributed by atoms with Crippen LogP contribution in [0.15, 0.2) is 72.3 Å². The van der Waals surface area contributed by atoms with E-state index in [2.05, 4.69) is 0 Å². The Morgan fingerprint density at radius 1 is 1.06 bits per heavy atom. The average Bonchev–Trinajstić information content (AvgIpc) is 3.40. The molecule has 3 aromatic carbocycles. The number of nitrogens with zero attached hydrogens (tertiary/aromatic N) is 1. The summed E-state index contributed by atoms with van der Waals surface area (Å²) in [5.74, 6) is -0.239. The minimum Gasteiger partial charge on any atom is -0.507 e. The first-order chi connectivity index (χ1) is 16.0. The Hall–Kier alpha value is -4.06. The van der Waals surface area contributed by atoms with Gasteiger partial charge in [-0.2, -0.15) is 0 Å². The third kappa shape index (κ3) is 3.53. The van der Waals surface area contributed by atoms with Crippen LogP contribution in [0.5, 0.6) is 11.5 Å². The van der Waals surface area contributed by atoms with Crippen molar-refractivity contribution in [3.63, 3.8) is 0 Å². The summed E-state index contributed by atoms with van der Waals surface area (Å²) >= 11 is 0. The van der Waals surface area contributed by atoms with Crippen molar-refractivity contribution >= 4 is 23.1 Å². The molecule has 1 fully saturated rings. The molecule has 0 spiro atoms. The SMILES string of the molecule is COc1cccc(C2/C(=C(/O)c3ccc4c(c3)CCO4)C(=O)C(=O)N2c2cccc(C)c2)c1. The standard InChI is InChI=1S/C27H23NO5/c1-16-5-3-7-20(13-16)28-24(18-6-4-8-21(15-18)32-2)23(26(30)27(28)31)25(29)19-9-10-22-17(14-19)11-12-33-22/h3-10,13-15,24,29H,11-12H2,1-2H3/b25-23-. The second-order valence-corrected chi connectivity index (χ2v) is 8.21. The summed E-state index contributed by atoms with van der Waals surface area (Å²) in [7, 11) is 1.56.